The van der Waals surface area contributed by atoms with Crippen molar-refractivity contribution in [3.05, 3.63) is 58.9 Å². The van der Waals surface area contributed by atoms with E-state index in [0.29, 0.717) is 17.3 Å². The summed E-state index contributed by atoms with van der Waals surface area (Å²) in [6.07, 6.45) is 3.32. The molecule has 0 aliphatic heterocycles. The van der Waals surface area contributed by atoms with Crippen LogP contribution in [-0.4, -0.2) is 44.7 Å². The zero-order valence-electron chi connectivity index (χ0n) is 17.4. The van der Waals surface area contributed by atoms with Crippen molar-refractivity contribution in [3.8, 4) is 17.0 Å². The summed E-state index contributed by atoms with van der Waals surface area (Å²) in [5.74, 6) is 1.15. The van der Waals surface area contributed by atoms with Gasteiger partial charge < -0.3 is 20.5 Å². The Hall–Kier alpha value is -3.79. The number of nitro benzene ring substituents is 1. The predicted molar refractivity (Wildman–Crippen MR) is 118 cm³/mol. The molecular weight excluding hydrogens is 400 g/mol. The van der Waals surface area contributed by atoms with E-state index in [9.17, 15) is 15.2 Å². The van der Waals surface area contributed by atoms with Crippen LogP contribution in [0.2, 0.25) is 0 Å². The number of nitrogens with zero attached hydrogens (tertiary/aromatic N) is 4. The van der Waals surface area contributed by atoms with Crippen molar-refractivity contribution in [2.45, 2.75) is 19.9 Å². The normalized spacial score (nSPS) is 11.8. The topological polar surface area (TPSA) is 135 Å². The number of methoxy groups -OCH3 is 1. The highest BCUT2D eigenvalue weighted by Gasteiger charge is 2.18. The van der Waals surface area contributed by atoms with Gasteiger partial charge in [0.15, 0.2) is 0 Å². The first-order valence-electron chi connectivity index (χ1n) is 9.67. The van der Waals surface area contributed by atoms with Gasteiger partial charge >= 0.3 is 0 Å². The Bertz CT molecular complexity index is 1050. The van der Waals surface area contributed by atoms with E-state index >= 15 is 0 Å². The van der Waals surface area contributed by atoms with E-state index in [1.165, 1.54) is 13.2 Å². The molecule has 3 aromatic rings. The Morgan fingerprint density at radius 1 is 1.23 bits per heavy atom. The summed E-state index contributed by atoms with van der Waals surface area (Å²) in [6.45, 7) is 3.85. The van der Waals surface area contributed by atoms with Gasteiger partial charge in [0.25, 0.3) is 5.69 Å². The average Bonchev–Trinajstić information content (AvgIpc) is 2.77. The molecule has 0 aliphatic carbocycles. The Kier molecular flexibility index (Phi) is 6.93. The summed E-state index contributed by atoms with van der Waals surface area (Å²) >= 11 is 0. The summed E-state index contributed by atoms with van der Waals surface area (Å²) in [4.78, 5) is 24.1. The number of nitro groups is 1. The van der Waals surface area contributed by atoms with Crippen molar-refractivity contribution in [2.24, 2.45) is 5.92 Å². The maximum atomic E-state index is 11.5. The molecule has 0 fully saturated rings. The molecule has 0 saturated carbocycles. The minimum Gasteiger partial charge on any atom is -0.496 e. The lowest BCUT2D eigenvalue weighted by molar-refractivity contribution is -0.384. The Morgan fingerprint density at radius 3 is 2.65 bits per heavy atom. The number of aromatic nitrogens is 3. The number of hydrogen-bond donors (Lipinski definition) is 3. The number of rotatable bonds is 9. The second-order valence-electron chi connectivity index (χ2n) is 7.15. The van der Waals surface area contributed by atoms with Crippen molar-refractivity contribution >= 4 is 23.1 Å². The first kappa shape index (κ1) is 21.9. The van der Waals surface area contributed by atoms with Crippen LogP contribution in [-0.2, 0) is 0 Å². The molecule has 2 heterocycles. The number of anilines is 3. The van der Waals surface area contributed by atoms with Gasteiger partial charge in [0.05, 0.1) is 36.4 Å². The predicted octanol–water partition coefficient (Wildman–Crippen LogP) is 3.63. The maximum absolute atomic E-state index is 11.5. The van der Waals surface area contributed by atoms with E-state index in [0.717, 1.165) is 5.56 Å². The molecule has 3 N–H and O–H groups in total. The Labute approximate surface area is 179 Å². The highest BCUT2D eigenvalue weighted by molar-refractivity contribution is 5.72. The summed E-state index contributed by atoms with van der Waals surface area (Å²) in [5, 5.41) is 27.3. The van der Waals surface area contributed by atoms with Gasteiger partial charge in [-0.25, -0.2) is 4.98 Å². The highest BCUT2D eigenvalue weighted by atomic mass is 16.6. The van der Waals surface area contributed by atoms with Crippen LogP contribution in [0.5, 0.6) is 5.75 Å². The fourth-order valence-corrected chi connectivity index (χ4v) is 2.86. The maximum Gasteiger partial charge on any atom is 0.296 e. The first-order chi connectivity index (χ1) is 14.9. The summed E-state index contributed by atoms with van der Waals surface area (Å²) < 4.78 is 5.09. The fourth-order valence-electron chi connectivity index (χ4n) is 2.86. The Morgan fingerprint density at radius 2 is 2.03 bits per heavy atom. The zero-order chi connectivity index (χ0) is 22.4. The quantitative estimate of drug-likeness (QED) is 0.347. The van der Waals surface area contributed by atoms with Crippen molar-refractivity contribution in [3.63, 3.8) is 0 Å². The molecule has 10 heteroatoms. The average molecular weight is 424 g/mol. The molecule has 2 aromatic heterocycles. The summed E-state index contributed by atoms with van der Waals surface area (Å²) in [5.41, 5.74) is 1.44. The second kappa shape index (κ2) is 9.81. The van der Waals surface area contributed by atoms with Gasteiger partial charge in [-0.15, -0.1) is 0 Å². The van der Waals surface area contributed by atoms with Gasteiger partial charge in [0, 0.05) is 24.0 Å². The molecule has 31 heavy (non-hydrogen) atoms. The lowest BCUT2D eigenvalue weighted by Gasteiger charge is -2.20. The van der Waals surface area contributed by atoms with Crippen LogP contribution in [0.4, 0.5) is 23.1 Å². The number of hydrogen-bond acceptors (Lipinski definition) is 9. The molecule has 0 amide bonds. The zero-order valence-corrected chi connectivity index (χ0v) is 17.4. The number of nitrogens with one attached hydrogen (secondary N) is 2. The van der Waals surface area contributed by atoms with Gasteiger partial charge in [-0.3, -0.25) is 15.1 Å². The SMILES string of the molecule is COc1ccc(Nc2cc(-c3cccnc3)nc(N[C@@H](CO)C(C)C)n2)c([N+](=O)[O-])c1. The first-order valence-corrected chi connectivity index (χ1v) is 9.67. The van der Waals surface area contributed by atoms with Crippen LogP contribution < -0.4 is 15.4 Å². The third kappa shape index (κ3) is 5.43. The molecule has 1 aromatic carbocycles. The molecule has 0 saturated heterocycles. The van der Waals surface area contributed by atoms with Gasteiger partial charge in [-0.1, -0.05) is 13.8 Å². The molecule has 3 rings (SSSR count). The van der Waals surface area contributed by atoms with Gasteiger partial charge in [-0.2, -0.15) is 4.98 Å². The van der Waals surface area contributed by atoms with Crippen LogP contribution in [0.1, 0.15) is 13.8 Å². The lowest BCUT2D eigenvalue weighted by atomic mass is 10.1. The minimum absolute atomic E-state index is 0.0924. The van der Waals surface area contributed by atoms with Gasteiger partial charge in [0.2, 0.25) is 5.95 Å². The largest absolute Gasteiger partial charge is 0.496 e. The standard InChI is InChI=1S/C21H24N6O4/c1-13(2)18(12-28)25-21-24-17(14-5-4-8-22-11-14)10-20(26-21)23-16-7-6-15(31-3)9-19(16)27(29)30/h4-11,13,18,28H,12H2,1-3H3,(H2,23,24,25,26)/t18-/m0/s1. The van der Waals surface area contributed by atoms with Crippen LogP contribution in [0, 0.1) is 16.0 Å². The molecule has 0 radical (unpaired) electrons. The van der Waals surface area contributed by atoms with Crippen LogP contribution >= 0.6 is 0 Å². The van der Waals surface area contributed by atoms with Gasteiger partial charge in [-0.05, 0) is 30.2 Å². The molecule has 0 aliphatic rings. The molecule has 0 bridgehead atoms. The third-order valence-corrected chi connectivity index (χ3v) is 4.66. The van der Waals surface area contributed by atoms with Crippen molar-refractivity contribution < 1.29 is 14.8 Å². The van der Waals surface area contributed by atoms with Gasteiger partial charge in [0.1, 0.15) is 17.3 Å². The third-order valence-electron chi connectivity index (χ3n) is 4.66. The van der Waals surface area contributed by atoms with E-state index in [-0.39, 0.29) is 35.9 Å². The smallest absolute Gasteiger partial charge is 0.296 e. The lowest BCUT2D eigenvalue weighted by Crippen LogP contribution is -2.30. The molecule has 10 nitrogen and oxygen atoms in total. The van der Waals surface area contributed by atoms with Crippen LogP contribution in [0.3, 0.4) is 0 Å². The fraction of sp³-hybridized carbons (Fsp3) is 0.286. The van der Waals surface area contributed by atoms with E-state index < -0.39 is 4.92 Å². The molecule has 1 atom stereocenters. The summed E-state index contributed by atoms with van der Waals surface area (Å²) in [6, 6.07) is 9.58. The monoisotopic (exact) mass is 424 g/mol. The van der Waals surface area contributed by atoms with Crippen LogP contribution in [0.25, 0.3) is 11.3 Å². The highest BCUT2D eigenvalue weighted by Crippen LogP contribution is 2.32. The molecular formula is C21H24N6O4. The number of aliphatic hydroxyl groups is 1. The van der Waals surface area contributed by atoms with E-state index in [2.05, 4.69) is 25.6 Å². The van der Waals surface area contributed by atoms with Crippen molar-refractivity contribution in [2.75, 3.05) is 24.4 Å². The number of ether oxygens (including phenoxy) is 1. The van der Waals surface area contributed by atoms with Crippen molar-refractivity contribution in [1.29, 1.82) is 0 Å². The van der Waals surface area contributed by atoms with E-state index in [4.69, 9.17) is 4.74 Å². The molecule has 0 unspecified atom stereocenters. The molecule has 0 spiro atoms. The summed E-state index contributed by atoms with van der Waals surface area (Å²) in [7, 11) is 1.45. The minimum atomic E-state index is -0.492. The molecule has 162 valence electrons. The second-order valence-corrected chi connectivity index (χ2v) is 7.15. The van der Waals surface area contributed by atoms with Crippen molar-refractivity contribution in [1.82, 2.24) is 15.0 Å². The van der Waals surface area contributed by atoms with E-state index in [1.807, 2.05) is 19.9 Å². The number of aliphatic hydroxyl groups excluding tert-OH is 1. The number of benzene rings is 1. The van der Waals surface area contributed by atoms with E-state index in [1.54, 1.807) is 36.7 Å². The number of pyridine rings is 1. The van der Waals surface area contributed by atoms with Crippen LogP contribution in [0.15, 0.2) is 48.8 Å². The Balaban J connectivity index is 2.03.